The summed E-state index contributed by atoms with van der Waals surface area (Å²) < 4.78 is 0. The Labute approximate surface area is 140 Å². The van der Waals surface area contributed by atoms with Gasteiger partial charge in [-0.25, -0.2) is 9.97 Å². The van der Waals surface area contributed by atoms with Gasteiger partial charge in [0.25, 0.3) is 0 Å². The molecule has 0 saturated heterocycles. The first-order chi connectivity index (χ1) is 11.2. The van der Waals surface area contributed by atoms with Gasteiger partial charge in [0.1, 0.15) is 11.6 Å². The zero-order chi connectivity index (χ0) is 16.1. The van der Waals surface area contributed by atoms with Gasteiger partial charge in [-0.05, 0) is 25.0 Å². The van der Waals surface area contributed by atoms with Crippen molar-refractivity contribution in [1.82, 2.24) is 15.3 Å². The van der Waals surface area contributed by atoms with Gasteiger partial charge in [-0.2, -0.15) is 0 Å². The van der Waals surface area contributed by atoms with Crippen molar-refractivity contribution in [2.24, 2.45) is 0 Å². The molecule has 3 rings (SSSR count). The third-order valence-electron chi connectivity index (χ3n) is 4.11. The van der Waals surface area contributed by atoms with Crippen molar-refractivity contribution < 1.29 is 4.79 Å². The molecule has 1 aromatic carbocycles. The number of amides is 1. The molecule has 0 radical (unpaired) electrons. The first kappa shape index (κ1) is 16.1. The van der Waals surface area contributed by atoms with Crippen molar-refractivity contribution in [3.05, 3.63) is 30.1 Å². The average molecular weight is 330 g/mol. The maximum Gasteiger partial charge on any atom is 0.230 e. The van der Waals surface area contributed by atoms with Crippen molar-refractivity contribution >= 4 is 34.4 Å². The molecular weight excluding hydrogens is 308 g/mol. The van der Waals surface area contributed by atoms with Crippen molar-refractivity contribution in [2.75, 3.05) is 11.5 Å². The standard InChI is InChI=1S/C17H22N4OS/c18-17-13-8-4-5-9-14(13)20-15(21-17)10-23-11-16(22)19-12-6-2-1-3-7-12/h4-5,8-9,12H,1-3,6-7,10-11H2,(H,19,22)(H2,18,20,21). The number of benzene rings is 1. The van der Waals surface area contributed by atoms with Crippen LogP contribution in [0.4, 0.5) is 5.82 Å². The number of rotatable bonds is 5. The molecule has 0 unspecified atom stereocenters. The van der Waals surface area contributed by atoms with Gasteiger partial charge in [-0.15, -0.1) is 11.8 Å². The number of aromatic nitrogens is 2. The molecule has 3 N–H and O–H groups in total. The Balaban J connectivity index is 1.51. The number of carbonyl (C=O) groups is 1. The Kier molecular flexibility index (Phi) is 5.33. The van der Waals surface area contributed by atoms with E-state index in [2.05, 4.69) is 15.3 Å². The van der Waals surface area contributed by atoms with Crippen LogP contribution in [0.3, 0.4) is 0 Å². The fourth-order valence-corrected chi connectivity index (χ4v) is 3.65. The van der Waals surface area contributed by atoms with Crippen LogP contribution in [0.2, 0.25) is 0 Å². The van der Waals surface area contributed by atoms with E-state index in [4.69, 9.17) is 5.73 Å². The van der Waals surface area contributed by atoms with Crippen LogP contribution in [-0.2, 0) is 10.5 Å². The van der Waals surface area contributed by atoms with Gasteiger partial charge in [0.2, 0.25) is 5.91 Å². The number of hydrogen-bond acceptors (Lipinski definition) is 5. The van der Waals surface area contributed by atoms with Crippen LogP contribution in [0.1, 0.15) is 37.9 Å². The fraction of sp³-hybridized carbons (Fsp3) is 0.471. The second kappa shape index (κ2) is 7.64. The van der Waals surface area contributed by atoms with E-state index in [0.717, 1.165) is 23.7 Å². The molecule has 0 aliphatic heterocycles. The van der Waals surface area contributed by atoms with Crippen LogP contribution in [0.15, 0.2) is 24.3 Å². The summed E-state index contributed by atoms with van der Waals surface area (Å²) in [5.74, 6) is 2.31. The molecule has 1 aliphatic rings. The summed E-state index contributed by atoms with van der Waals surface area (Å²) in [6.07, 6.45) is 5.97. The molecule has 0 spiro atoms. The average Bonchev–Trinajstić information content (AvgIpc) is 2.56. The number of anilines is 1. The maximum atomic E-state index is 12.0. The highest BCUT2D eigenvalue weighted by atomic mass is 32.2. The number of carbonyl (C=O) groups excluding carboxylic acids is 1. The van der Waals surface area contributed by atoms with E-state index in [1.54, 1.807) is 0 Å². The lowest BCUT2D eigenvalue weighted by atomic mass is 9.95. The minimum Gasteiger partial charge on any atom is -0.383 e. The summed E-state index contributed by atoms with van der Waals surface area (Å²) in [7, 11) is 0. The minimum absolute atomic E-state index is 0.107. The van der Waals surface area contributed by atoms with Gasteiger partial charge in [0.15, 0.2) is 0 Å². The largest absolute Gasteiger partial charge is 0.383 e. The number of nitrogen functional groups attached to an aromatic ring is 1. The van der Waals surface area contributed by atoms with Crippen molar-refractivity contribution in [1.29, 1.82) is 0 Å². The van der Waals surface area contributed by atoms with E-state index in [0.29, 0.717) is 29.2 Å². The highest BCUT2D eigenvalue weighted by Gasteiger charge is 2.15. The zero-order valence-electron chi connectivity index (χ0n) is 13.1. The number of nitrogens with zero attached hydrogens (tertiary/aromatic N) is 2. The van der Waals surface area contributed by atoms with Crippen LogP contribution in [-0.4, -0.2) is 27.7 Å². The number of hydrogen-bond donors (Lipinski definition) is 2. The highest BCUT2D eigenvalue weighted by Crippen LogP contribution is 2.20. The molecule has 6 heteroatoms. The summed E-state index contributed by atoms with van der Waals surface area (Å²) in [5, 5.41) is 3.99. The normalized spacial score (nSPS) is 15.7. The second-order valence-corrected chi connectivity index (χ2v) is 6.92. The number of para-hydroxylation sites is 1. The second-order valence-electron chi connectivity index (χ2n) is 5.94. The summed E-state index contributed by atoms with van der Waals surface area (Å²) in [6, 6.07) is 8.07. The Morgan fingerprint density at radius 1 is 1.22 bits per heavy atom. The van der Waals surface area contributed by atoms with Crippen molar-refractivity contribution in [2.45, 2.75) is 43.9 Å². The summed E-state index contributed by atoms with van der Waals surface area (Å²) in [5.41, 5.74) is 6.82. The van der Waals surface area contributed by atoms with Gasteiger partial charge in [-0.1, -0.05) is 31.4 Å². The summed E-state index contributed by atoms with van der Waals surface area (Å²) in [6.45, 7) is 0. The van der Waals surface area contributed by atoms with Crippen LogP contribution < -0.4 is 11.1 Å². The quantitative estimate of drug-likeness (QED) is 0.881. The lowest BCUT2D eigenvalue weighted by Crippen LogP contribution is -2.37. The lowest BCUT2D eigenvalue weighted by Gasteiger charge is -2.22. The molecule has 5 nitrogen and oxygen atoms in total. The van der Waals surface area contributed by atoms with Gasteiger partial charge in [0.05, 0.1) is 17.0 Å². The molecule has 2 aromatic rings. The van der Waals surface area contributed by atoms with Crippen molar-refractivity contribution in [3.8, 4) is 0 Å². The molecular formula is C17H22N4OS. The number of fused-ring (bicyclic) bond motifs is 1. The maximum absolute atomic E-state index is 12.0. The minimum atomic E-state index is 0.107. The molecule has 1 aliphatic carbocycles. The Morgan fingerprint density at radius 2 is 2.00 bits per heavy atom. The van der Waals surface area contributed by atoms with E-state index >= 15 is 0 Å². The first-order valence-electron chi connectivity index (χ1n) is 8.10. The van der Waals surface area contributed by atoms with E-state index < -0.39 is 0 Å². The summed E-state index contributed by atoms with van der Waals surface area (Å²) >= 11 is 1.53. The lowest BCUT2D eigenvalue weighted by molar-refractivity contribution is -0.119. The van der Waals surface area contributed by atoms with E-state index in [1.807, 2.05) is 24.3 Å². The fourth-order valence-electron chi connectivity index (χ4n) is 2.97. The number of nitrogens with two attached hydrogens (primary N) is 1. The predicted molar refractivity (Wildman–Crippen MR) is 95.1 cm³/mol. The monoisotopic (exact) mass is 330 g/mol. The molecule has 23 heavy (non-hydrogen) atoms. The smallest absolute Gasteiger partial charge is 0.230 e. The Bertz CT molecular complexity index is 685. The number of nitrogens with one attached hydrogen (secondary N) is 1. The van der Waals surface area contributed by atoms with Crippen LogP contribution in [0.5, 0.6) is 0 Å². The summed E-state index contributed by atoms with van der Waals surface area (Å²) in [4.78, 5) is 20.8. The van der Waals surface area contributed by atoms with Crippen LogP contribution >= 0.6 is 11.8 Å². The number of thioether (sulfide) groups is 1. The van der Waals surface area contributed by atoms with E-state index in [1.165, 1.54) is 31.0 Å². The molecule has 122 valence electrons. The predicted octanol–water partition coefficient (Wildman–Crippen LogP) is 2.89. The molecule has 0 bridgehead atoms. The molecule has 1 saturated carbocycles. The Morgan fingerprint density at radius 3 is 2.83 bits per heavy atom. The van der Waals surface area contributed by atoms with Gasteiger partial charge in [0, 0.05) is 11.4 Å². The van der Waals surface area contributed by atoms with Gasteiger partial charge < -0.3 is 11.1 Å². The van der Waals surface area contributed by atoms with E-state index in [-0.39, 0.29) is 5.91 Å². The van der Waals surface area contributed by atoms with Gasteiger partial charge in [-0.3, -0.25) is 4.79 Å². The highest BCUT2D eigenvalue weighted by molar-refractivity contribution is 7.99. The topological polar surface area (TPSA) is 80.9 Å². The third kappa shape index (κ3) is 4.34. The first-order valence-corrected chi connectivity index (χ1v) is 9.26. The van der Waals surface area contributed by atoms with Crippen LogP contribution in [0, 0.1) is 0 Å². The molecule has 0 atom stereocenters. The molecule has 1 fully saturated rings. The molecule has 1 aromatic heterocycles. The molecule has 1 heterocycles. The van der Waals surface area contributed by atoms with Gasteiger partial charge >= 0.3 is 0 Å². The van der Waals surface area contributed by atoms with E-state index in [9.17, 15) is 4.79 Å². The molecule has 1 amide bonds. The zero-order valence-corrected chi connectivity index (χ0v) is 13.9. The van der Waals surface area contributed by atoms with Crippen LogP contribution in [0.25, 0.3) is 10.9 Å². The third-order valence-corrected chi connectivity index (χ3v) is 5.04. The SMILES string of the molecule is Nc1nc(CSCC(=O)NC2CCCCC2)nc2ccccc12. The Hall–Kier alpha value is -1.82. The van der Waals surface area contributed by atoms with Crippen molar-refractivity contribution in [3.63, 3.8) is 0 Å².